The largest absolute Gasteiger partial charge is 0.456 e. The van der Waals surface area contributed by atoms with Crippen LogP contribution in [0.2, 0.25) is 0 Å². The van der Waals surface area contributed by atoms with Gasteiger partial charge in [0.05, 0.1) is 17.9 Å². The zero-order valence-corrected chi connectivity index (χ0v) is 16.5. The van der Waals surface area contributed by atoms with Gasteiger partial charge < -0.3 is 14.7 Å². The minimum atomic E-state index is -0.246. The molecule has 0 radical (unpaired) electrons. The summed E-state index contributed by atoms with van der Waals surface area (Å²) in [6.45, 7) is 0.769. The highest BCUT2D eigenvalue weighted by molar-refractivity contribution is 9.10. The first-order chi connectivity index (χ1) is 13.2. The molecule has 3 aliphatic rings. The third-order valence-corrected chi connectivity index (χ3v) is 6.33. The molecule has 2 aromatic rings. The van der Waals surface area contributed by atoms with Gasteiger partial charge in [0.2, 0.25) is 0 Å². The van der Waals surface area contributed by atoms with Gasteiger partial charge in [0.15, 0.2) is 0 Å². The van der Waals surface area contributed by atoms with Crippen molar-refractivity contribution in [1.82, 2.24) is 0 Å². The number of hydrogen-bond acceptors (Lipinski definition) is 4. The van der Waals surface area contributed by atoms with Crippen molar-refractivity contribution < 1.29 is 14.6 Å². The van der Waals surface area contributed by atoms with E-state index in [1.165, 1.54) is 17.5 Å². The fourth-order valence-corrected chi connectivity index (χ4v) is 5.12. The summed E-state index contributed by atoms with van der Waals surface area (Å²) in [6, 6.07) is 12.7. The molecular weight excluding hydrogens is 406 g/mol. The summed E-state index contributed by atoms with van der Waals surface area (Å²) < 4.78 is 6.44. The van der Waals surface area contributed by atoms with E-state index in [0.29, 0.717) is 12.1 Å². The monoisotopic (exact) mass is 425 g/mol. The molecule has 0 fully saturated rings. The predicted octanol–water partition coefficient (Wildman–Crippen LogP) is 3.69. The Morgan fingerprint density at radius 3 is 2.78 bits per heavy atom. The maximum Gasteiger partial charge on any atom is 0.337 e. The van der Waals surface area contributed by atoms with Gasteiger partial charge in [-0.25, -0.2) is 4.79 Å². The number of aliphatic hydroxyl groups excluding tert-OH is 1. The average molecular weight is 426 g/mol. The molecule has 1 unspecified atom stereocenters. The third kappa shape index (κ3) is 2.64. The summed E-state index contributed by atoms with van der Waals surface area (Å²) in [5, 5.41) is 9.65. The second-order valence-electron chi connectivity index (χ2n) is 7.33. The van der Waals surface area contributed by atoms with Crippen LogP contribution in [-0.4, -0.2) is 30.8 Å². The Bertz CT molecular complexity index is 982. The third-order valence-electron chi connectivity index (χ3n) is 5.83. The summed E-state index contributed by atoms with van der Waals surface area (Å²) in [4.78, 5) is 14.8. The lowest BCUT2D eigenvalue weighted by Crippen LogP contribution is -2.33. The maximum absolute atomic E-state index is 12.7. The molecule has 5 heteroatoms. The van der Waals surface area contributed by atoms with Crippen LogP contribution in [0.3, 0.4) is 0 Å². The van der Waals surface area contributed by atoms with Crippen LogP contribution >= 0.6 is 15.9 Å². The van der Waals surface area contributed by atoms with E-state index >= 15 is 0 Å². The molecule has 1 aliphatic carbocycles. The number of nitrogens with zero attached hydrogens (tertiary/aromatic N) is 1. The van der Waals surface area contributed by atoms with Gasteiger partial charge in [0.25, 0.3) is 0 Å². The summed E-state index contributed by atoms with van der Waals surface area (Å²) in [5.74, 6) is -0.382. The Morgan fingerprint density at radius 1 is 1.19 bits per heavy atom. The van der Waals surface area contributed by atoms with Gasteiger partial charge in [-0.3, -0.25) is 0 Å². The van der Waals surface area contributed by atoms with Crippen LogP contribution in [-0.2, 0) is 22.4 Å². The highest BCUT2D eigenvalue weighted by Gasteiger charge is 2.42. The predicted molar refractivity (Wildman–Crippen MR) is 107 cm³/mol. The number of carbonyl (C=O) groups excluding carboxylic acids is 1. The molecule has 1 N–H and O–H groups in total. The fourth-order valence-electron chi connectivity index (χ4n) is 4.70. The summed E-state index contributed by atoms with van der Waals surface area (Å²) in [7, 11) is 0. The first-order valence-electron chi connectivity index (χ1n) is 9.37. The van der Waals surface area contributed by atoms with E-state index in [2.05, 4.69) is 45.1 Å². The molecule has 0 amide bonds. The fraction of sp³-hybridized carbons (Fsp3) is 0.318. The van der Waals surface area contributed by atoms with E-state index in [1.54, 1.807) is 0 Å². The molecule has 1 atom stereocenters. The van der Waals surface area contributed by atoms with Crippen LogP contribution in [0.15, 0.2) is 52.1 Å². The molecule has 0 spiro atoms. The number of aryl methyl sites for hydroxylation is 2. The molecule has 0 bridgehead atoms. The first-order valence-corrected chi connectivity index (χ1v) is 10.2. The zero-order chi connectivity index (χ0) is 18.5. The minimum absolute atomic E-state index is 0.0308. The molecule has 2 aromatic carbocycles. The molecule has 4 nitrogen and oxygen atoms in total. The number of halogens is 1. The Labute approximate surface area is 166 Å². The van der Waals surface area contributed by atoms with E-state index in [9.17, 15) is 9.90 Å². The lowest BCUT2D eigenvalue weighted by molar-refractivity contribution is -0.136. The van der Waals surface area contributed by atoms with Gasteiger partial charge in [0, 0.05) is 22.6 Å². The van der Waals surface area contributed by atoms with Crippen molar-refractivity contribution in [3.63, 3.8) is 0 Å². The number of aliphatic hydroxyl groups is 1. The SMILES string of the molecule is O=C1OCC2=C1C(c1cccc(Br)c1)c1cc3c(cc1N2CCO)CCC3. The smallest absolute Gasteiger partial charge is 0.337 e. The van der Waals surface area contributed by atoms with Crippen molar-refractivity contribution in [3.8, 4) is 0 Å². The molecular formula is C22H20BrNO3. The van der Waals surface area contributed by atoms with Gasteiger partial charge >= 0.3 is 5.97 Å². The molecule has 0 saturated carbocycles. The van der Waals surface area contributed by atoms with E-state index in [0.717, 1.165) is 39.8 Å². The van der Waals surface area contributed by atoms with Crippen LogP contribution in [0.25, 0.3) is 0 Å². The number of cyclic esters (lactones) is 1. The minimum Gasteiger partial charge on any atom is -0.456 e. The van der Waals surface area contributed by atoms with Crippen LogP contribution < -0.4 is 4.90 Å². The summed E-state index contributed by atoms with van der Waals surface area (Å²) >= 11 is 3.57. The highest BCUT2D eigenvalue weighted by Crippen LogP contribution is 2.49. The maximum atomic E-state index is 12.7. The van der Waals surface area contributed by atoms with Gasteiger partial charge in [-0.2, -0.15) is 0 Å². The van der Waals surface area contributed by atoms with Crippen molar-refractivity contribution in [2.75, 3.05) is 24.7 Å². The van der Waals surface area contributed by atoms with Crippen molar-refractivity contribution in [3.05, 3.63) is 74.4 Å². The van der Waals surface area contributed by atoms with Crippen molar-refractivity contribution in [2.45, 2.75) is 25.2 Å². The van der Waals surface area contributed by atoms with E-state index in [-0.39, 0.29) is 25.1 Å². The van der Waals surface area contributed by atoms with E-state index in [1.807, 2.05) is 12.1 Å². The van der Waals surface area contributed by atoms with Gasteiger partial charge in [-0.15, -0.1) is 0 Å². The van der Waals surface area contributed by atoms with Gasteiger partial charge in [-0.1, -0.05) is 34.1 Å². The topological polar surface area (TPSA) is 49.8 Å². The number of esters is 1. The lowest BCUT2D eigenvalue weighted by atomic mass is 9.79. The quantitative estimate of drug-likeness (QED) is 0.761. The Hall–Kier alpha value is -2.11. The van der Waals surface area contributed by atoms with E-state index < -0.39 is 0 Å². The van der Waals surface area contributed by atoms with Crippen molar-refractivity contribution >= 4 is 27.6 Å². The normalized spacial score (nSPS) is 20.4. The number of anilines is 1. The Morgan fingerprint density at radius 2 is 2.00 bits per heavy atom. The van der Waals surface area contributed by atoms with Crippen LogP contribution in [0.5, 0.6) is 0 Å². The number of hydrogen-bond donors (Lipinski definition) is 1. The van der Waals surface area contributed by atoms with Gasteiger partial charge in [0.1, 0.15) is 6.61 Å². The molecule has 2 aliphatic heterocycles. The molecule has 5 rings (SSSR count). The van der Waals surface area contributed by atoms with Crippen LogP contribution in [0, 0.1) is 0 Å². The van der Waals surface area contributed by atoms with Gasteiger partial charge in [-0.05, 0) is 59.7 Å². The molecule has 0 saturated heterocycles. The highest BCUT2D eigenvalue weighted by atomic mass is 79.9. The summed E-state index contributed by atoms with van der Waals surface area (Å²) in [5.41, 5.74) is 7.70. The zero-order valence-electron chi connectivity index (χ0n) is 14.9. The number of rotatable bonds is 3. The molecule has 138 valence electrons. The second kappa shape index (κ2) is 6.50. The Balaban J connectivity index is 1.77. The van der Waals surface area contributed by atoms with Crippen molar-refractivity contribution in [2.24, 2.45) is 0 Å². The number of carbonyl (C=O) groups is 1. The van der Waals surface area contributed by atoms with E-state index in [4.69, 9.17) is 4.74 Å². The molecule has 27 heavy (non-hydrogen) atoms. The number of β-amino-alcohol motifs (C(OH)–C–C–N with tert-alkyl or cyclic N) is 1. The number of fused-ring (bicyclic) bond motifs is 2. The second-order valence-corrected chi connectivity index (χ2v) is 8.25. The Kier molecular flexibility index (Phi) is 4.10. The summed E-state index contributed by atoms with van der Waals surface area (Å²) in [6.07, 6.45) is 3.36. The first kappa shape index (κ1) is 17.0. The number of ether oxygens (including phenoxy) is 1. The number of benzene rings is 2. The van der Waals surface area contributed by atoms with Crippen LogP contribution in [0.1, 0.15) is 34.6 Å². The lowest BCUT2D eigenvalue weighted by Gasteiger charge is -2.36. The van der Waals surface area contributed by atoms with Crippen LogP contribution in [0.4, 0.5) is 5.69 Å². The molecule has 0 aromatic heterocycles. The molecule has 2 heterocycles. The standard InChI is InChI=1S/C22H20BrNO3/c23-16-6-2-5-15(9-16)20-17-10-13-3-1-4-14(13)11-18(17)24(7-8-25)19-12-27-22(26)21(19)20/h2,5-6,9-11,20,25H,1,3-4,7-8,12H2. The van der Waals surface area contributed by atoms with Crippen molar-refractivity contribution in [1.29, 1.82) is 0 Å². The average Bonchev–Trinajstić information content (AvgIpc) is 3.27.